The van der Waals surface area contributed by atoms with Gasteiger partial charge in [-0.2, -0.15) is 0 Å². The maximum Gasteiger partial charge on any atom is 0.182 e. The molecule has 0 N–H and O–H groups in total. The van der Waals surface area contributed by atoms with Crippen LogP contribution in [0.15, 0.2) is 95.5 Å². The monoisotopic (exact) mass is 516 g/mol. The summed E-state index contributed by atoms with van der Waals surface area (Å²) >= 11 is 3.57. The number of benzene rings is 4. The van der Waals surface area contributed by atoms with Gasteiger partial charge in [0.15, 0.2) is 11.5 Å². The molecule has 0 saturated carbocycles. The SMILES string of the molecule is CC1(C)c2ccccc2-c2ccc(-c3nc4ccccc4n4nc(-c5cccc(Br)c5)nc34)cc21. The number of para-hydroxylation sites is 2. The highest BCUT2D eigenvalue weighted by atomic mass is 79.9. The van der Waals surface area contributed by atoms with Crippen molar-refractivity contribution < 1.29 is 0 Å². The van der Waals surface area contributed by atoms with E-state index in [0.717, 1.165) is 38.0 Å². The van der Waals surface area contributed by atoms with Gasteiger partial charge in [-0.15, -0.1) is 5.10 Å². The summed E-state index contributed by atoms with van der Waals surface area (Å²) in [6.45, 7) is 4.60. The van der Waals surface area contributed by atoms with Crippen molar-refractivity contribution >= 4 is 32.6 Å². The Morgan fingerprint density at radius 1 is 0.714 bits per heavy atom. The molecule has 2 heterocycles. The van der Waals surface area contributed by atoms with Crippen molar-refractivity contribution in [3.8, 4) is 33.8 Å². The zero-order valence-corrected chi connectivity index (χ0v) is 20.9. The number of halogens is 1. The standard InChI is InChI=1S/C30H21BrN4/c1-30(2)23-11-4-3-10-21(23)22-15-14-18(17-24(22)30)27-29-33-28(19-8-7-9-20(31)16-19)34-35(29)26-13-6-5-12-25(26)32-27/h3-17H,1-2H3. The van der Waals surface area contributed by atoms with E-state index in [0.29, 0.717) is 5.82 Å². The number of fused-ring (bicyclic) bond motifs is 6. The first kappa shape index (κ1) is 20.5. The third kappa shape index (κ3) is 3.01. The second-order valence-electron chi connectivity index (χ2n) is 9.56. The highest BCUT2D eigenvalue weighted by Gasteiger charge is 2.35. The number of hydrogen-bond donors (Lipinski definition) is 0. The van der Waals surface area contributed by atoms with Gasteiger partial charge in [0.1, 0.15) is 5.69 Å². The Balaban J connectivity index is 1.49. The zero-order valence-electron chi connectivity index (χ0n) is 19.3. The van der Waals surface area contributed by atoms with Crippen LogP contribution in [-0.2, 0) is 5.41 Å². The van der Waals surface area contributed by atoms with Crippen LogP contribution in [0.3, 0.4) is 0 Å². The molecule has 1 aliphatic carbocycles. The molecule has 4 nitrogen and oxygen atoms in total. The van der Waals surface area contributed by atoms with Crippen molar-refractivity contribution in [1.82, 2.24) is 19.6 Å². The van der Waals surface area contributed by atoms with Gasteiger partial charge < -0.3 is 0 Å². The molecule has 168 valence electrons. The third-order valence-electron chi connectivity index (χ3n) is 7.10. The highest BCUT2D eigenvalue weighted by Crippen LogP contribution is 2.49. The maximum atomic E-state index is 5.09. The van der Waals surface area contributed by atoms with E-state index in [-0.39, 0.29) is 5.41 Å². The minimum atomic E-state index is -0.0791. The summed E-state index contributed by atoms with van der Waals surface area (Å²) < 4.78 is 2.93. The van der Waals surface area contributed by atoms with Crippen LogP contribution in [0.1, 0.15) is 25.0 Å². The lowest BCUT2D eigenvalue weighted by atomic mass is 9.82. The van der Waals surface area contributed by atoms with Crippen LogP contribution in [0.2, 0.25) is 0 Å². The lowest BCUT2D eigenvalue weighted by Crippen LogP contribution is -2.15. The van der Waals surface area contributed by atoms with Crippen LogP contribution in [0.5, 0.6) is 0 Å². The maximum absolute atomic E-state index is 5.09. The van der Waals surface area contributed by atoms with E-state index in [9.17, 15) is 0 Å². The van der Waals surface area contributed by atoms with Gasteiger partial charge in [0.25, 0.3) is 0 Å². The second-order valence-corrected chi connectivity index (χ2v) is 10.5. The predicted molar refractivity (Wildman–Crippen MR) is 144 cm³/mol. The molecular weight excluding hydrogens is 496 g/mol. The molecule has 0 aliphatic heterocycles. The van der Waals surface area contributed by atoms with Crippen molar-refractivity contribution in [3.05, 3.63) is 107 Å². The Morgan fingerprint density at radius 2 is 1.51 bits per heavy atom. The first-order valence-corrected chi connectivity index (χ1v) is 12.5. The number of rotatable bonds is 2. The van der Waals surface area contributed by atoms with Gasteiger partial charge >= 0.3 is 0 Å². The fraction of sp³-hybridized carbons (Fsp3) is 0.100. The van der Waals surface area contributed by atoms with Crippen LogP contribution >= 0.6 is 15.9 Å². The molecule has 0 bridgehead atoms. The van der Waals surface area contributed by atoms with Crippen molar-refractivity contribution in [3.63, 3.8) is 0 Å². The molecule has 7 rings (SSSR count). The van der Waals surface area contributed by atoms with E-state index in [1.54, 1.807) is 0 Å². The molecular formula is C30H21BrN4. The van der Waals surface area contributed by atoms with Gasteiger partial charge in [-0.05, 0) is 52.6 Å². The molecule has 0 fully saturated rings. The van der Waals surface area contributed by atoms with Gasteiger partial charge in [-0.3, -0.25) is 0 Å². The average molecular weight is 517 g/mol. The van der Waals surface area contributed by atoms with Crippen LogP contribution in [0.4, 0.5) is 0 Å². The van der Waals surface area contributed by atoms with Crippen molar-refractivity contribution in [2.75, 3.05) is 0 Å². The summed E-state index contributed by atoms with van der Waals surface area (Å²) in [6.07, 6.45) is 0. The smallest absolute Gasteiger partial charge is 0.182 e. The van der Waals surface area contributed by atoms with E-state index in [4.69, 9.17) is 15.1 Å². The number of aromatic nitrogens is 4. The Hall–Kier alpha value is -3.83. The summed E-state index contributed by atoms with van der Waals surface area (Å²) in [5.74, 6) is 0.680. The van der Waals surface area contributed by atoms with E-state index in [1.807, 2.05) is 53.0 Å². The molecule has 35 heavy (non-hydrogen) atoms. The van der Waals surface area contributed by atoms with E-state index >= 15 is 0 Å². The van der Waals surface area contributed by atoms with E-state index in [1.165, 1.54) is 22.3 Å². The van der Waals surface area contributed by atoms with Gasteiger partial charge in [0, 0.05) is 21.0 Å². The summed E-state index contributed by atoms with van der Waals surface area (Å²) in [4.78, 5) is 10.1. The van der Waals surface area contributed by atoms with Crippen LogP contribution in [0, 0.1) is 0 Å². The fourth-order valence-electron chi connectivity index (χ4n) is 5.34. The quantitative estimate of drug-likeness (QED) is 0.237. The van der Waals surface area contributed by atoms with Gasteiger partial charge in [0.05, 0.1) is 11.0 Å². The second kappa shape index (κ2) is 7.33. The predicted octanol–water partition coefficient (Wildman–Crippen LogP) is 7.68. The summed E-state index contributed by atoms with van der Waals surface area (Å²) in [5, 5.41) is 4.92. The zero-order chi connectivity index (χ0) is 23.7. The van der Waals surface area contributed by atoms with Crippen molar-refractivity contribution in [2.24, 2.45) is 0 Å². The van der Waals surface area contributed by atoms with Crippen LogP contribution < -0.4 is 0 Å². The largest absolute Gasteiger partial charge is 0.242 e. The normalized spacial score (nSPS) is 13.8. The van der Waals surface area contributed by atoms with E-state index < -0.39 is 0 Å². The number of nitrogens with zero attached hydrogens (tertiary/aromatic N) is 4. The first-order chi connectivity index (χ1) is 17.0. The molecule has 0 atom stereocenters. The van der Waals surface area contributed by atoms with Gasteiger partial charge in [-0.25, -0.2) is 14.5 Å². The molecule has 2 aromatic heterocycles. The first-order valence-electron chi connectivity index (χ1n) is 11.7. The van der Waals surface area contributed by atoms with Crippen molar-refractivity contribution in [1.29, 1.82) is 0 Å². The highest BCUT2D eigenvalue weighted by molar-refractivity contribution is 9.10. The molecule has 5 heteroatoms. The lowest BCUT2D eigenvalue weighted by Gasteiger charge is -2.21. The Bertz CT molecular complexity index is 1800. The summed E-state index contributed by atoms with van der Waals surface area (Å²) in [7, 11) is 0. The van der Waals surface area contributed by atoms with Crippen LogP contribution in [0.25, 0.3) is 50.5 Å². The lowest BCUT2D eigenvalue weighted by molar-refractivity contribution is 0.660. The molecule has 0 spiro atoms. The molecule has 1 aliphatic rings. The van der Waals surface area contributed by atoms with Crippen LogP contribution in [-0.4, -0.2) is 19.6 Å². The molecule has 6 aromatic rings. The molecule has 0 radical (unpaired) electrons. The fourth-order valence-corrected chi connectivity index (χ4v) is 5.74. The molecule has 0 unspecified atom stereocenters. The molecule has 0 saturated heterocycles. The number of hydrogen-bond acceptors (Lipinski definition) is 3. The molecule has 0 amide bonds. The molecule has 4 aromatic carbocycles. The van der Waals surface area contributed by atoms with Crippen molar-refractivity contribution in [2.45, 2.75) is 19.3 Å². The minimum Gasteiger partial charge on any atom is -0.242 e. The Labute approximate surface area is 211 Å². The Morgan fingerprint density at radius 3 is 2.40 bits per heavy atom. The average Bonchev–Trinajstić information content (AvgIpc) is 3.42. The summed E-state index contributed by atoms with van der Waals surface area (Å²) in [6, 6.07) is 31.6. The van der Waals surface area contributed by atoms with Gasteiger partial charge in [0.2, 0.25) is 0 Å². The van der Waals surface area contributed by atoms with Gasteiger partial charge in [-0.1, -0.05) is 90.4 Å². The Kier molecular flexibility index (Phi) is 4.30. The third-order valence-corrected chi connectivity index (χ3v) is 7.59. The topological polar surface area (TPSA) is 43.1 Å². The minimum absolute atomic E-state index is 0.0791. The summed E-state index contributed by atoms with van der Waals surface area (Å²) in [5.41, 5.74) is 10.6. The van der Waals surface area contributed by atoms with E-state index in [2.05, 4.69) is 72.2 Å².